The van der Waals surface area contributed by atoms with Crippen LogP contribution in [0.3, 0.4) is 0 Å². The maximum absolute atomic E-state index is 10.5. The lowest BCUT2D eigenvalue weighted by Gasteiger charge is -2.24. The molecular formula is C16H17N3O. The molecule has 0 spiro atoms. The largest absolute Gasteiger partial charge is 0.385 e. The molecule has 0 saturated carbocycles. The fraction of sp³-hybridized carbons (Fsp3) is 0.250. The van der Waals surface area contributed by atoms with Crippen LogP contribution in [0.4, 0.5) is 5.82 Å². The number of pyridine rings is 1. The number of benzene rings is 1. The molecule has 0 bridgehead atoms. The maximum atomic E-state index is 10.5. The zero-order valence-corrected chi connectivity index (χ0v) is 11.4. The first kappa shape index (κ1) is 14.0. The van der Waals surface area contributed by atoms with E-state index in [0.717, 1.165) is 5.56 Å². The molecule has 4 nitrogen and oxygen atoms in total. The average molecular weight is 267 g/mol. The molecule has 102 valence electrons. The van der Waals surface area contributed by atoms with Crippen LogP contribution in [0, 0.1) is 11.3 Å². The van der Waals surface area contributed by atoms with Gasteiger partial charge in [0, 0.05) is 6.54 Å². The van der Waals surface area contributed by atoms with Crippen molar-refractivity contribution in [2.75, 3.05) is 11.9 Å². The zero-order valence-electron chi connectivity index (χ0n) is 11.4. The standard InChI is InChI=1S/C16H17N3O/c1-16(20,13-6-3-2-4-7-13)10-11-18-15-9-5-8-14(12-17)19-15/h2-9,20H,10-11H2,1H3,(H,18,19). The van der Waals surface area contributed by atoms with Gasteiger partial charge in [-0.25, -0.2) is 4.98 Å². The molecule has 0 radical (unpaired) electrons. The Morgan fingerprint density at radius 2 is 1.95 bits per heavy atom. The van der Waals surface area contributed by atoms with Gasteiger partial charge in [0.25, 0.3) is 0 Å². The summed E-state index contributed by atoms with van der Waals surface area (Å²) in [5.74, 6) is 0.646. The quantitative estimate of drug-likeness (QED) is 0.873. The molecule has 1 unspecified atom stereocenters. The van der Waals surface area contributed by atoms with Crippen molar-refractivity contribution in [1.82, 2.24) is 4.98 Å². The summed E-state index contributed by atoms with van der Waals surface area (Å²) in [5, 5.41) is 22.4. The molecule has 1 aromatic carbocycles. The molecule has 0 aliphatic carbocycles. The highest BCUT2D eigenvalue weighted by Crippen LogP contribution is 2.23. The molecule has 20 heavy (non-hydrogen) atoms. The lowest BCUT2D eigenvalue weighted by atomic mass is 9.93. The van der Waals surface area contributed by atoms with E-state index in [-0.39, 0.29) is 0 Å². The molecule has 2 aromatic rings. The van der Waals surface area contributed by atoms with Crippen LogP contribution < -0.4 is 5.32 Å². The van der Waals surface area contributed by atoms with Crippen LogP contribution in [0.15, 0.2) is 48.5 Å². The van der Waals surface area contributed by atoms with E-state index in [9.17, 15) is 5.11 Å². The topological polar surface area (TPSA) is 68.9 Å². The smallest absolute Gasteiger partial charge is 0.142 e. The summed E-state index contributed by atoms with van der Waals surface area (Å²) in [6.45, 7) is 2.37. The summed E-state index contributed by atoms with van der Waals surface area (Å²) in [6, 6.07) is 16.8. The molecule has 0 saturated heterocycles. The molecule has 0 fully saturated rings. The van der Waals surface area contributed by atoms with E-state index in [1.165, 1.54) is 0 Å². The number of hydrogen-bond donors (Lipinski definition) is 2. The van der Waals surface area contributed by atoms with Gasteiger partial charge in [0.05, 0.1) is 5.60 Å². The first-order valence-electron chi connectivity index (χ1n) is 6.51. The van der Waals surface area contributed by atoms with E-state index in [0.29, 0.717) is 24.5 Å². The van der Waals surface area contributed by atoms with Crippen LogP contribution in [-0.4, -0.2) is 16.6 Å². The molecule has 2 rings (SSSR count). The van der Waals surface area contributed by atoms with Gasteiger partial charge in [-0.1, -0.05) is 36.4 Å². The number of nitrogens with zero attached hydrogens (tertiary/aromatic N) is 2. The molecule has 0 aliphatic heterocycles. The van der Waals surface area contributed by atoms with Crippen LogP contribution in [0.25, 0.3) is 0 Å². The Hall–Kier alpha value is -2.38. The fourth-order valence-corrected chi connectivity index (χ4v) is 1.97. The summed E-state index contributed by atoms with van der Waals surface area (Å²) < 4.78 is 0. The van der Waals surface area contributed by atoms with Gasteiger partial charge >= 0.3 is 0 Å². The minimum absolute atomic E-state index is 0.379. The van der Waals surface area contributed by atoms with Crippen molar-refractivity contribution in [3.8, 4) is 6.07 Å². The second-order valence-corrected chi connectivity index (χ2v) is 4.84. The number of nitriles is 1. The van der Waals surface area contributed by atoms with Crippen molar-refractivity contribution in [2.24, 2.45) is 0 Å². The van der Waals surface area contributed by atoms with Gasteiger partial charge in [0.2, 0.25) is 0 Å². The normalized spacial score (nSPS) is 13.2. The second kappa shape index (κ2) is 6.18. The first-order valence-corrected chi connectivity index (χ1v) is 6.51. The van der Waals surface area contributed by atoms with Crippen LogP contribution in [-0.2, 0) is 5.60 Å². The molecule has 0 aliphatic rings. The van der Waals surface area contributed by atoms with Gasteiger partial charge < -0.3 is 10.4 Å². The van der Waals surface area contributed by atoms with E-state index in [4.69, 9.17) is 5.26 Å². The minimum Gasteiger partial charge on any atom is -0.385 e. The van der Waals surface area contributed by atoms with Crippen LogP contribution >= 0.6 is 0 Å². The van der Waals surface area contributed by atoms with Gasteiger partial charge in [-0.05, 0) is 31.0 Å². The van der Waals surface area contributed by atoms with Crippen LogP contribution in [0.5, 0.6) is 0 Å². The molecule has 1 atom stereocenters. The Bertz CT molecular complexity index is 603. The predicted molar refractivity (Wildman–Crippen MR) is 78.1 cm³/mol. The monoisotopic (exact) mass is 267 g/mol. The third-order valence-corrected chi connectivity index (χ3v) is 3.18. The summed E-state index contributed by atoms with van der Waals surface area (Å²) in [6.07, 6.45) is 0.551. The van der Waals surface area contributed by atoms with Crippen molar-refractivity contribution in [3.63, 3.8) is 0 Å². The number of aliphatic hydroxyl groups is 1. The fourth-order valence-electron chi connectivity index (χ4n) is 1.97. The Balaban J connectivity index is 1.94. The highest BCUT2D eigenvalue weighted by Gasteiger charge is 2.21. The number of nitrogens with one attached hydrogen (secondary N) is 1. The molecular weight excluding hydrogens is 250 g/mol. The number of rotatable bonds is 5. The lowest BCUT2D eigenvalue weighted by Crippen LogP contribution is -2.24. The highest BCUT2D eigenvalue weighted by molar-refractivity contribution is 5.38. The lowest BCUT2D eigenvalue weighted by molar-refractivity contribution is 0.0515. The Morgan fingerprint density at radius 3 is 2.65 bits per heavy atom. The van der Waals surface area contributed by atoms with E-state index in [1.54, 1.807) is 25.1 Å². The molecule has 1 heterocycles. The van der Waals surface area contributed by atoms with E-state index < -0.39 is 5.60 Å². The van der Waals surface area contributed by atoms with E-state index >= 15 is 0 Å². The molecule has 4 heteroatoms. The maximum Gasteiger partial charge on any atom is 0.142 e. The SMILES string of the molecule is CC(O)(CCNc1cccc(C#N)n1)c1ccccc1. The molecule has 1 aromatic heterocycles. The minimum atomic E-state index is -0.888. The van der Waals surface area contributed by atoms with Crippen molar-refractivity contribution < 1.29 is 5.11 Å². The third-order valence-electron chi connectivity index (χ3n) is 3.18. The Labute approximate surface area is 118 Å². The predicted octanol–water partition coefficient (Wildman–Crippen LogP) is 2.66. The summed E-state index contributed by atoms with van der Waals surface area (Å²) in [4.78, 5) is 4.13. The number of hydrogen-bond acceptors (Lipinski definition) is 4. The third kappa shape index (κ3) is 3.56. The second-order valence-electron chi connectivity index (χ2n) is 4.84. The van der Waals surface area contributed by atoms with Crippen molar-refractivity contribution in [3.05, 3.63) is 59.8 Å². The van der Waals surface area contributed by atoms with Gasteiger partial charge in [-0.2, -0.15) is 5.26 Å². The highest BCUT2D eigenvalue weighted by atomic mass is 16.3. The number of aromatic nitrogens is 1. The average Bonchev–Trinajstić information content (AvgIpc) is 2.48. The number of anilines is 1. The van der Waals surface area contributed by atoms with E-state index in [1.807, 2.05) is 36.4 Å². The Morgan fingerprint density at radius 1 is 1.20 bits per heavy atom. The van der Waals surface area contributed by atoms with Gasteiger partial charge in [0.15, 0.2) is 0 Å². The van der Waals surface area contributed by atoms with Crippen LogP contribution in [0.2, 0.25) is 0 Å². The van der Waals surface area contributed by atoms with Crippen LogP contribution in [0.1, 0.15) is 24.6 Å². The van der Waals surface area contributed by atoms with Crippen molar-refractivity contribution >= 4 is 5.82 Å². The molecule has 2 N–H and O–H groups in total. The Kier molecular flexibility index (Phi) is 4.34. The van der Waals surface area contributed by atoms with Gasteiger partial charge in [-0.15, -0.1) is 0 Å². The summed E-state index contributed by atoms with van der Waals surface area (Å²) >= 11 is 0. The van der Waals surface area contributed by atoms with Crippen molar-refractivity contribution in [2.45, 2.75) is 18.9 Å². The summed E-state index contributed by atoms with van der Waals surface area (Å²) in [7, 11) is 0. The van der Waals surface area contributed by atoms with Gasteiger partial charge in [0.1, 0.15) is 17.6 Å². The van der Waals surface area contributed by atoms with E-state index in [2.05, 4.69) is 10.3 Å². The molecule has 0 amide bonds. The summed E-state index contributed by atoms with van der Waals surface area (Å²) in [5.41, 5.74) is 0.381. The van der Waals surface area contributed by atoms with Crippen molar-refractivity contribution in [1.29, 1.82) is 5.26 Å². The zero-order chi connectivity index (χ0) is 14.4. The van der Waals surface area contributed by atoms with Gasteiger partial charge in [-0.3, -0.25) is 0 Å². The first-order chi connectivity index (χ1) is 9.62.